The van der Waals surface area contributed by atoms with Crippen LogP contribution in [-0.2, 0) is 10.3 Å². The summed E-state index contributed by atoms with van der Waals surface area (Å²) in [5.74, 6) is -0.260. The molecule has 1 aliphatic heterocycles. The summed E-state index contributed by atoms with van der Waals surface area (Å²) in [4.78, 5) is 14.9. The van der Waals surface area contributed by atoms with Crippen molar-refractivity contribution in [2.75, 3.05) is 6.54 Å². The summed E-state index contributed by atoms with van der Waals surface area (Å²) < 4.78 is 19.3. The molecular weight excluding hydrogens is 417 g/mol. The number of ether oxygens (including phenoxy) is 1. The lowest BCUT2D eigenvalue weighted by atomic mass is 9.80. The Kier molecular flexibility index (Phi) is 6.26. The van der Waals surface area contributed by atoms with Gasteiger partial charge in [-0.1, -0.05) is 66.7 Å². The molecule has 4 nitrogen and oxygen atoms in total. The number of nitrogens with zero attached hydrogens (tertiary/aromatic N) is 1. The number of aliphatic hydroxyl groups is 1. The minimum atomic E-state index is -0.986. The SMILES string of the molecule is C[C@@H](c1ccc(-c2ccc(F)cc2)cc1)N1CCC(CC(C)(C)O)(c2ccccc2)OC1=O. The fourth-order valence-corrected chi connectivity index (χ4v) is 4.67. The summed E-state index contributed by atoms with van der Waals surface area (Å²) in [5.41, 5.74) is 1.97. The number of hydrogen-bond acceptors (Lipinski definition) is 3. The first kappa shape index (κ1) is 23.0. The van der Waals surface area contributed by atoms with Gasteiger partial charge in [0, 0.05) is 19.4 Å². The second kappa shape index (κ2) is 8.99. The van der Waals surface area contributed by atoms with Gasteiger partial charge in [0.15, 0.2) is 0 Å². The largest absolute Gasteiger partial charge is 0.438 e. The topological polar surface area (TPSA) is 49.8 Å². The second-order valence-electron chi connectivity index (χ2n) is 9.47. The van der Waals surface area contributed by atoms with E-state index in [1.54, 1.807) is 30.9 Å². The van der Waals surface area contributed by atoms with Gasteiger partial charge in [0.25, 0.3) is 0 Å². The van der Waals surface area contributed by atoms with Gasteiger partial charge >= 0.3 is 6.09 Å². The average Bonchev–Trinajstić information content (AvgIpc) is 2.79. The summed E-state index contributed by atoms with van der Waals surface area (Å²) in [5, 5.41) is 10.5. The molecular formula is C28H30FNO3. The van der Waals surface area contributed by atoms with Gasteiger partial charge in [0.2, 0.25) is 0 Å². The highest BCUT2D eigenvalue weighted by Gasteiger charge is 2.46. The first-order valence-corrected chi connectivity index (χ1v) is 11.3. The van der Waals surface area contributed by atoms with E-state index in [0.717, 1.165) is 22.3 Å². The summed E-state index contributed by atoms with van der Waals surface area (Å²) in [6.07, 6.45) is 0.527. The maximum absolute atomic E-state index is 13.2. The monoisotopic (exact) mass is 447 g/mol. The average molecular weight is 448 g/mol. The Morgan fingerprint density at radius 3 is 2.12 bits per heavy atom. The molecule has 1 N–H and O–H groups in total. The molecule has 0 spiro atoms. The van der Waals surface area contributed by atoms with Crippen molar-refractivity contribution in [2.45, 2.75) is 50.9 Å². The van der Waals surface area contributed by atoms with Gasteiger partial charge in [-0.3, -0.25) is 0 Å². The zero-order valence-corrected chi connectivity index (χ0v) is 19.3. The fraction of sp³-hybridized carbons (Fsp3) is 0.321. The maximum atomic E-state index is 13.2. The second-order valence-corrected chi connectivity index (χ2v) is 9.47. The molecule has 0 saturated carbocycles. The zero-order valence-electron chi connectivity index (χ0n) is 19.3. The van der Waals surface area contributed by atoms with E-state index in [1.807, 2.05) is 61.5 Å². The fourth-order valence-electron chi connectivity index (χ4n) is 4.67. The molecule has 0 bridgehead atoms. The van der Waals surface area contributed by atoms with Crippen LogP contribution in [0.15, 0.2) is 78.9 Å². The molecule has 1 unspecified atom stereocenters. The minimum Gasteiger partial charge on any atom is -0.438 e. The molecule has 0 radical (unpaired) electrons. The molecule has 1 amide bonds. The van der Waals surface area contributed by atoms with Crippen molar-refractivity contribution in [1.29, 1.82) is 0 Å². The Labute approximate surface area is 194 Å². The standard InChI is InChI=1S/C28H30FNO3/c1-20(21-9-11-22(12-10-21)23-13-15-25(29)16-14-23)30-18-17-28(33-26(30)31,19-27(2,3)32)24-7-5-4-6-8-24/h4-16,20,32H,17-19H2,1-3H3/t20-,28?/m0/s1. The van der Waals surface area contributed by atoms with Gasteiger partial charge < -0.3 is 14.7 Å². The quantitative estimate of drug-likeness (QED) is 0.472. The Balaban J connectivity index is 1.53. The number of cyclic esters (lactones) is 1. The predicted octanol–water partition coefficient (Wildman–Crippen LogP) is 6.45. The molecule has 3 aromatic carbocycles. The lowest BCUT2D eigenvalue weighted by Gasteiger charge is -2.45. The Morgan fingerprint density at radius 2 is 1.58 bits per heavy atom. The van der Waals surface area contributed by atoms with Crippen LogP contribution in [-0.4, -0.2) is 28.2 Å². The molecule has 3 aromatic rings. The normalized spacial score (nSPS) is 19.8. The molecule has 4 rings (SSSR count). The van der Waals surface area contributed by atoms with Crippen LogP contribution in [0.25, 0.3) is 11.1 Å². The first-order chi connectivity index (χ1) is 15.7. The van der Waals surface area contributed by atoms with Gasteiger partial charge in [-0.2, -0.15) is 0 Å². The number of rotatable bonds is 6. The lowest BCUT2D eigenvalue weighted by molar-refractivity contribution is -0.101. The summed E-state index contributed by atoms with van der Waals surface area (Å²) >= 11 is 0. The molecule has 1 saturated heterocycles. The van der Waals surface area contributed by atoms with E-state index >= 15 is 0 Å². The van der Waals surface area contributed by atoms with Crippen LogP contribution in [0.3, 0.4) is 0 Å². The number of carbonyl (C=O) groups excluding carboxylic acids is 1. The maximum Gasteiger partial charge on any atom is 0.411 e. The van der Waals surface area contributed by atoms with Gasteiger partial charge in [-0.25, -0.2) is 9.18 Å². The number of carbonyl (C=O) groups is 1. The molecule has 0 aliphatic carbocycles. The van der Waals surface area contributed by atoms with Crippen molar-refractivity contribution >= 4 is 6.09 Å². The lowest BCUT2D eigenvalue weighted by Crippen LogP contribution is -2.51. The van der Waals surface area contributed by atoms with Crippen molar-refractivity contribution in [1.82, 2.24) is 4.90 Å². The van der Waals surface area contributed by atoms with Crippen molar-refractivity contribution in [3.63, 3.8) is 0 Å². The Hall–Kier alpha value is -3.18. The van der Waals surface area contributed by atoms with Crippen LogP contribution in [0.4, 0.5) is 9.18 Å². The van der Waals surface area contributed by atoms with Gasteiger partial charge in [-0.15, -0.1) is 0 Å². The summed E-state index contributed by atoms with van der Waals surface area (Å²) in [7, 11) is 0. The number of halogens is 1. The van der Waals surface area contributed by atoms with Crippen LogP contribution in [0, 0.1) is 5.82 Å². The molecule has 1 aliphatic rings. The van der Waals surface area contributed by atoms with E-state index in [0.29, 0.717) is 19.4 Å². The van der Waals surface area contributed by atoms with Crippen molar-refractivity contribution in [3.05, 3.63) is 95.8 Å². The van der Waals surface area contributed by atoms with E-state index in [1.165, 1.54) is 12.1 Å². The van der Waals surface area contributed by atoms with Crippen LogP contribution in [0.5, 0.6) is 0 Å². The molecule has 172 valence electrons. The molecule has 5 heteroatoms. The summed E-state index contributed by atoms with van der Waals surface area (Å²) in [6.45, 7) is 5.98. The van der Waals surface area contributed by atoms with E-state index in [-0.39, 0.29) is 18.0 Å². The summed E-state index contributed by atoms with van der Waals surface area (Å²) in [6, 6.07) is 23.9. The number of benzene rings is 3. The smallest absolute Gasteiger partial charge is 0.411 e. The third-order valence-corrected chi connectivity index (χ3v) is 6.33. The highest BCUT2D eigenvalue weighted by molar-refractivity contribution is 5.70. The highest BCUT2D eigenvalue weighted by atomic mass is 19.1. The zero-order chi connectivity index (χ0) is 23.6. The van der Waals surface area contributed by atoms with E-state index < -0.39 is 11.2 Å². The van der Waals surface area contributed by atoms with Crippen molar-refractivity contribution < 1.29 is 19.0 Å². The van der Waals surface area contributed by atoms with Crippen molar-refractivity contribution in [3.8, 4) is 11.1 Å². The third-order valence-electron chi connectivity index (χ3n) is 6.33. The Morgan fingerprint density at radius 1 is 1.00 bits per heavy atom. The number of amides is 1. The van der Waals surface area contributed by atoms with Crippen LogP contribution >= 0.6 is 0 Å². The molecule has 2 atom stereocenters. The van der Waals surface area contributed by atoms with E-state index in [4.69, 9.17) is 4.74 Å². The predicted molar refractivity (Wildman–Crippen MR) is 127 cm³/mol. The molecule has 1 heterocycles. The van der Waals surface area contributed by atoms with E-state index in [2.05, 4.69) is 0 Å². The van der Waals surface area contributed by atoms with Crippen LogP contribution in [0.1, 0.15) is 50.8 Å². The number of hydrogen-bond donors (Lipinski definition) is 1. The van der Waals surface area contributed by atoms with Crippen molar-refractivity contribution in [2.24, 2.45) is 0 Å². The van der Waals surface area contributed by atoms with Gasteiger partial charge in [-0.05, 0) is 55.2 Å². The first-order valence-electron chi connectivity index (χ1n) is 11.3. The molecule has 0 aromatic heterocycles. The molecule has 1 fully saturated rings. The van der Waals surface area contributed by atoms with Gasteiger partial charge in [0.05, 0.1) is 11.6 Å². The Bertz CT molecular complexity index is 1090. The van der Waals surface area contributed by atoms with Crippen LogP contribution in [0.2, 0.25) is 0 Å². The third kappa shape index (κ3) is 5.09. The minimum absolute atomic E-state index is 0.171. The molecule has 33 heavy (non-hydrogen) atoms. The van der Waals surface area contributed by atoms with Gasteiger partial charge in [0.1, 0.15) is 11.4 Å². The highest BCUT2D eigenvalue weighted by Crippen LogP contribution is 2.42. The van der Waals surface area contributed by atoms with Crippen LogP contribution < -0.4 is 0 Å². The van der Waals surface area contributed by atoms with E-state index in [9.17, 15) is 14.3 Å².